The highest BCUT2D eigenvalue weighted by atomic mass is 16.2. The first-order valence-electron chi connectivity index (χ1n) is 7.12. The molecule has 0 aromatic heterocycles. The Hall–Kier alpha value is -1.35. The molecule has 1 amide bonds. The van der Waals surface area contributed by atoms with Crippen LogP contribution in [0.25, 0.3) is 0 Å². The molecule has 0 fully saturated rings. The van der Waals surface area contributed by atoms with E-state index in [0.29, 0.717) is 13.1 Å². The van der Waals surface area contributed by atoms with E-state index in [0.717, 1.165) is 0 Å². The molecule has 0 unspecified atom stereocenters. The Morgan fingerprint density at radius 1 is 1.26 bits per heavy atom. The molecule has 0 saturated heterocycles. The minimum Gasteiger partial charge on any atom is -0.352 e. The summed E-state index contributed by atoms with van der Waals surface area (Å²) in [4.78, 5) is 12.0. The third-order valence-corrected chi connectivity index (χ3v) is 3.99. The number of carbonyl (C=O) groups excluding carboxylic acids is 1. The van der Waals surface area contributed by atoms with Crippen LogP contribution >= 0.6 is 0 Å². The van der Waals surface area contributed by atoms with Crippen LogP contribution in [0.5, 0.6) is 0 Å². The summed E-state index contributed by atoms with van der Waals surface area (Å²) in [6, 6.07) is 6.58. The van der Waals surface area contributed by atoms with Gasteiger partial charge in [0.15, 0.2) is 0 Å². The van der Waals surface area contributed by atoms with E-state index in [-0.39, 0.29) is 5.91 Å². The Labute approximate surface area is 115 Å². The van der Waals surface area contributed by atoms with Crippen molar-refractivity contribution in [2.24, 2.45) is 11.1 Å². The van der Waals surface area contributed by atoms with E-state index in [1.54, 1.807) is 0 Å². The molecule has 1 aliphatic carbocycles. The van der Waals surface area contributed by atoms with Crippen LogP contribution < -0.4 is 11.1 Å². The maximum atomic E-state index is 12.0. The summed E-state index contributed by atoms with van der Waals surface area (Å²) < 4.78 is 0. The number of nitrogens with two attached hydrogens (primary N) is 1. The lowest BCUT2D eigenvalue weighted by Gasteiger charge is -2.22. The van der Waals surface area contributed by atoms with Gasteiger partial charge in [-0.15, -0.1) is 0 Å². The van der Waals surface area contributed by atoms with E-state index in [9.17, 15) is 4.79 Å². The molecule has 1 aromatic rings. The molecule has 0 radical (unpaired) electrons. The van der Waals surface area contributed by atoms with Crippen molar-refractivity contribution in [3.05, 3.63) is 34.9 Å². The van der Waals surface area contributed by atoms with E-state index >= 15 is 0 Å². The van der Waals surface area contributed by atoms with E-state index in [1.165, 1.54) is 42.4 Å². The predicted octanol–water partition coefficient (Wildman–Crippen LogP) is 2.17. The molecule has 3 N–H and O–H groups in total. The van der Waals surface area contributed by atoms with Crippen LogP contribution in [-0.4, -0.2) is 12.5 Å². The van der Waals surface area contributed by atoms with Crippen LogP contribution in [0.4, 0.5) is 0 Å². The molecule has 0 bridgehead atoms. The number of carbonyl (C=O) groups is 1. The molecular weight excluding hydrogens is 236 g/mol. The summed E-state index contributed by atoms with van der Waals surface area (Å²) in [6.07, 6.45) is 4.95. The van der Waals surface area contributed by atoms with E-state index in [4.69, 9.17) is 5.73 Å². The smallest absolute Gasteiger partial charge is 0.227 e. The zero-order valence-electron chi connectivity index (χ0n) is 12.0. The Kier molecular flexibility index (Phi) is 4.25. The van der Waals surface area contributed by atoms with Crippen LogP contribution in [0.3, 0.4) is 0 Å². The normalized spacial score (nSPS) is 14.9. The zero-order valence-corrected chi connectivity index (χ0v) is 12.0. The fraction of sp³-hybridized carbons (Fsp3) is 0.562. The maximum Gasteiger partial charge on any atom is 0.227 e. The lowest BCUT2D eigenvalue weighted by Crippen LogP contribution is -2.41. The van der Waals surface area contributed by atoms with E-state index in [2.05, 4.69) is 23.5 Å². The number of benzene rings is 1. The van der Waals surface area contributed by atoms with Crippen LogP contribution in [0.2, 0.25) is 0 Å². The molecule has 0 heterocycles. The minimum absolute atomic E-state index is 0.0210. The highest BCUT2D eigenvalue weighted by Crippen LogP contribution is 2.22. The van der Waals surface area contributed by atoms with Gasteiger partial charge in [0.2, 0.25) is 5.91 Å². The average Bonchev–Trinajstić information content (AvgIpc) is 2.44. The Morgan fingerprint density at radius 2 is 1.95 bits per heavy atom. The Balaban J connectivity index is 1.99. The second kappa shape index (κ2) is 5.74. The summed E-state index contributed by atoms with van der Waals surface area (Å²) in [7, 11) is 0. The molecule has 2 rings (SSSR count). The third-order valence-electron chi connectivity index (χ3n) is 3.99. The van der Waals surface area contributed by atoms with Gasteiger partial charge in [0, 0.05) is 13.1 Å². The molecule has 19 heavy (non-hydrogen) atoms. The number of hydrogen-bond donors (Lipinski definition) is 2. The number of fused-ring (bicyclic) bond motifs is 1. The second-order valence-corrected chi connectivity index (χ2v) is 6.08. The van der Waals surface area contributed by atoms with Crippen molar-refractivity contribution in [1.29, 1.82) is 0 Å². The molecule has 0 saturated carbocycles. The van der Waals surface area contributed by atoms with Crippen LogP contribution in [0.1, 0.15) is 43.4 Å². The summed E-state index contributed by atoms with van der Waals surface area (Å²) >= 11 is 0. The van der Waals surface area contributed by atoms with Gasteiger partial charge >= 0.3 is 0 Å². The molecule has 1 aromatic carbocycles. The first kappa shape index (κ1) is 14.1. The average molecular weight is 260 g/mol. The number of hydrogen-bond acceptors (Lipinski definition) is 2. The summed E-state index contributed by atoms with van der Waals surface area (Å²) in [5, 5.41) is 2.98. The Bertz CT molecular complexity index is 466. The number of nitrogens with one attached hydrogen (secondary N) is 1. The second-order valence-electron chi connectivity index (χ2n) is 6.08. The SMILES string of the molecule is CC(C)(CN)C(=O)NCc1ccc2c(c1)CCCC2. The molecule has 0 atom stereocenters. The predicted molar refractivity (Wildman–Crippen MR) is 77.8 cm³/mol. The molecule has 3 heteroatoms. The molecular formula is C16H24N2O. The van der Waals surface area contributed by atoms with Gasteiger partial charge in [-0.25, -0.2) is 0 Å². The quantitative estimate of drug-likeness (QED) is 0.871. The first-order chi connectivity index (χ1) is 9.03. The van der Waals surface area contributed by atoms with Gasteiger partial charge < -0.3 is 11.1 Å². The first-order valence-corrected chi connectivity index (χ1v) is 7.12. The van der Waals surface area contributed by atoms with Crippen molar-refractivity contribution in [3.63, 3.8) is 0 Å². The highest BCUT2D eigenvalue weighted by Gasteiger charge is 2.25. The maximum absolute atomic E-state index is 12.0. The molecule has 104 valence electrons. The summed E-state index contributed by atoms with van der Waals surface area (Å²) in [6.45, 7) is 4.70. The monoisotopic (exact) mass is 260 g/mol. The molecule has 0 spiro atoms. The summed E-state index contributed by atoms with van der Waals surface area (Å²) in [5.74, 6) is 0.0210. The lowest BCUT2D eigenvalue weighted by atomic mass is 9.90. The zero-order chi connectivity index (χ0) is 13.9. The lowest BCUT2D eigenvalue weighted by molar-refractivity contribution is -0.129. The van der Waals surface area contributed by atoms with Crippen molar-refractivity contribution in [3.8, 4) is 0 Å². The minimum atomic E-state index is -0.492. The molecule has 1 aliphatic rings. The van der Waals surface area contributed by atoms with Crippen molar-refractivity contribution in [2.75, 3.05) is 6.54 Å². The third kappa shape index (κ3) is 3.35. The summed E-state index contributed by atoms with van der Waals surface area (Å²) in [5.41, 5.74) is 9.23. The van der Waals surface area contributed by atoms with Gasteiger partial charge in [0.05, 0.1) is 5.41 Å². The van der Waals surface area contributed by atoms with Gasteiger partial charge in [-0.1, -0.05) is 18.2 Å². The van der Waals surface area contributed by atoms with Crippen LogP contribution in [0, 0.1) is 5.41 Å². The Morgan fingerprint density at radius 3 is 2.63 bits per heavy atom. The number of rotatable bonds is 4. The van der Waals surface area contributed by atoms with Crippen LogP contribution in [-0.2, 0) is 24.2 Å². The fourth-order valence-corrected chi connectivity index (χ4v) is 2.41. The molecule has 0 aliphatic heterocycles. The fourth-order valence-electron chi connectivity index (χ4n) is 2.41. The van der Waals surface area contributed by atoms with Crippen molar-refractivity contribution in [2.45, 2.75) is 46.1 Å². The number of aryl methyl sites for hydroxylation is 2. The molecule has 3 nitrogen and oxygen atoms in total. The number of amides is 1. The van der Waals surface area contributed by atoms with E-state index in [1.807, 2.05) is 13.8 Å². The van der Waals surface area contributed by atoms with Gasteiger partial charge in [0.1, 0.15) is 0 Å². The van der Waals surface area contributed by atoms with Gasteiger partial charge in [-0.05, 0) is 56.2 Å². The largest absolute Gasteiger partial charge is 0.352 e. The van der Waals surface area contributed by atoms with E-state index < -0.39 is 5.41 Å². The van der Waals surface area contributed by atoms with Crippen LogP contribution in [0.15, 0.2) is 18.2 Å². The highest BCUT2D eigenvalue weighted by molar-refractivity contribution is 5.82. The van der Waals surface area contributed by atoms with Gasteiger partial charge in [-0.3, -0.25) is 4.79 Å². The van der Waals surface area contributed by atoms with Crippen molar-refractivity contribution in [1.82, 2.24) is 5.32 Å². The van der Waals surface area contributed by atoms with Crippen molar-refractivity contribution >= 4 is 5.91 Å². The standard InChI is InChI=1S/C16H24N2O/c1-16(2,11-17)15(19)18-10-12-7-8-13-5-3-4-6-14(13)9-12/h7-9H,3-6,10-11,17H2,1-2H3,(H,18,19). The van der Waals surface area contributed by atoms with Gasteiger partial charge in [-0.2, -0.15) is 0 Å². The van der Waals surface area contributed by atoms with Gasteiger partial charge in [0.25, 0.3) is 0 Å². The topological polar surface area (TPSA) is 55.1 Å². The van der Waals surface area contributed by atoms with Crippen molar-refractivity contribution < 1.29 is 4.79 Å².